The van der Waals surface area contributed by atoms with Gasteiger partial charge >= 0.3 is 0 Å². The first kappa shape index (κ1) is 10.8. The van der Waals surface area contributed by atoms with E-state index in [4.69, 9.17) is 0 Å². The molecule has 5 heteroatoms. The fourth-order valence-electron chi connectivity index (χ4n) is 1.69. The number of nitrogens with one attached hydrogen (secondary N) is 1. The van der Waals surface area contributed by atoms with Crippen LogP contribution < -0.4 is 10.2 Å². The van der Waals surface area contributed by atoms with E-state index in [0.717, 1.165) is 38.3 Å². The highest BCUT2D eigenvalue weighted by molar-refractivity contribution is 9.10. The molecule has 1 saturated heterocycles. The van der Waals surface area contributed by atoms with Gasteiger partial charge in [-0.15, -0.1) is 0 Å². The summed E-state index contributed by atoms with van der Waals surface area (Å²) in [5.41, 5.74) is 0.979. The fraction of sp³-hybridized carbons (Fsp3) is 0.500. The van der Waals surface area contributed by atoms with Crippen molar-refractivity contribution in [3.8, 4) is 0 Å². The Labute approximate surface area is 96.8 Å². The molecule has 1 aliphatic rings. The van der Waals surface area contributed by atoms with E-state index in [2.05, 4.69) is 31.1 Å². The van der Waals surface area contributed by atoms with Gasteiger partial charge in [-0.25, -0.2) is 4.98 Å². The average Bonchev–Trinajstić information content (AvgIpc) is 2.50. The van der Waals surface area contributed by atoms with E-state index in [1.807, 2.05) is 0 Å². The summed E-state index contributed by atoms with van der Waals surface area (Å²) in [4.78, 5) is 5.93. The molecule has 1 aromatic heterocycles. The van der Waals surface area contributed by atoms with Crippen LogP contribution in [0.2, 0.25) is 0 Å². The van der Waals surface area contributed by atoms with Crippen molar-refractivity contribution in [3.63, 3.8) is 0 Å². The molecule has 0 saturated carbocycles. The van der Waals surface area contributed by atoms with Gasteiger partial charge in [-0.2, -0.15) is 4.39 Å². The Kier molecular flexibility index (Phi) is 3.53. The third kappa shape index (κ3) is 2.66. The van der Waals surface area contributed by atoms with Gasteiger partial charge in [0, 0.05) is 19.6 Å². The van der Waals surface area contributed by atoms with Crippen molar-refractivity contribution >= 4 is 21.6 Å². The first-order valence-electron chi connectivity index (χ1n) is 5.04. The molecule has 0 spiro atoms. The molecule has 15 heavy (non-hydrogen) atoms. The minimum absolute atomic E-state index is 0.428. The van der Waals surface area contributed by atoms with Gasteiger partial charge in [-0.05, 0) is 35.0 Å². The molecule has 1 aliphatic heterocycles. The van der Waals surface area contributed by atoms with Crippen LogP contribution in [0.15, 0.2) is 16.7 Å². The second-order valence-electron chi connectivity index (χ2n) is 3.56. The number of hydrogen-bond acceptors (Lipinski definition) is 3. The molecule has 2 rings (SSSR count). The molecular weight excluding hydrogens is 261 g/mol. The van der Waals surface area contributed by atoms with Gasteiger partial charge in [0.15, 0.2) is 0 Å². The lowest BCUT2D eigenvalue weighted by molar-refractivity contribution is 0.576. The minimum atomic E-state index is -0.452. The van der Waals surface area contributed by atoms with Crippen LogP contribution in [0.1, 0.15) is 6.42 Å². The standard InChI is InChI=1S/C10H13BrFN3/c11-9-6-8(7-14-10(9)12)15-4-1-2-13-3-5-15/h6-7,13H,1-5H2. The van der Waals surface area contributed by atoms with Crippen molar-refractivity contribution in [2.45, 2.75) is 6.42 Å². The molecular formula is C10H13BrFN3. The molecule has 2 heterocycles. The number of aromatic nitrogens is 1. The van der Waals surface area contributed by atoms with E-state index in [1.165, 1.54) is 0 Å². The predicted molar refractivity (Wildman–Crippen MR) is 61.6 cm³/mol. The molecule has 1 N–H and O–H groups in total. The van der Waals surface area contributed by atoms with Crippen molar-refractivity contribution in [3.05, 3.63) is 22.7 Å². The second kappa shape index (κ2) is 4.90. The first-order chi connectivity index (χ1) is 7.27. The summed E-state index contributed by atoms with van der Waals surface area (Å²) < 4.78 is 13.4. The van der Waals surface area contributed by atoms with Gasteiger partial charge in [0.2, 0.25) is 5.95 Å². The Balaban J connectivity index is 2.16. The number of halogens is 2. The van der Waals surface area contributed by atoms with E-state index in [0.29, 0.717) is 4.47 Å². The van der Waals surface area contributed by atoms with Crippen LogP contribution >= 0.6 is 15.9 Å². The lowest BCUT2D eigenvalue weighted by Crippen LogP contribution is -2.27. The molecule has 3 nitrogen and oxygen atoms in total. The highest BCUT2D eigenvalue weighted by Gasteiger charge is 2.11. The van der Waals surface area contributed by atoms with Crippen LogP contribution in [0.4, 0.5) is 10.1 Å². The molecule has 0 unspecified atom stereocenters. The molecule has 0 bridgehead atoms. The highest BCUT2D eigenvalue weighted by atomic mass is 79.9. The van der Waals surface area contributed by atoms with Crippen LogP contribution in [0.5, 0.6) is 0 Å². The molecule has 0 atom stereocenters. The number of nitrogens with zero attached hydrogens (tertiary/aromatic N) is 2. The highest BCUT2D eigenvalue weighted by Crippen LogP contribution is 2.21. The summed E-state index contributed by atoms with van der Waals surface area (Å²) in [6, 6.07) is 1.79. The van der Waals surface area contributed by atoms with Gasteiger partial charge in [0.1, 0.15) is 0 Å². The Bertz CT molecular complexity index is 337. The molecule has 82 valence electrons. The molecule has 0 radical (unpaired) electrons. The second-order valence-corrected chi connectivity index (χ2v) is 4.41. The smallest absolute Gasteiger partial charge is 0.227 e. The lowest BCUT2D eigenvalue weighted by Gasteiger charge is -2.21. The van der Waals surface area contributed by atoms with Gasteiger partial charge in [-0.1, -0.05) is 0 Å². The molecule has 1 aromatic rings. The summed E-state index contributed by atoms with van der Waals surface area (Å²) in [5.74, 6) is -0.452. The quantitative estimate of drug-likeness (QED) is 0.791. The maximum Gasteiger partial charge on any atom is 0.227 e. The van der Waals surface area contributed by atoms with E-state index >= 15 is 0 Å². The molecule has 0 amide bonds. The third-order valence-corrected chi connectivity index (χ3v) is 3.04. The summed E-state index contributed by atoms with van der Waals surface area (Å²) in [6.07, 6.45) is 2.69. The zero-order valence-corrected chi connectivity index (χ0v) is 9.93. The number of rotatable bonds is 1. The largest absolute Gasteiger partial charge is 0.369 e. The summed E-state index contributed by atoms with van der Waals surface area (Å²) in [5, 5.41) is 3.33. The average molecular weight is 274 g/mol. The van der Waals surface area contributed by atoms with E-state index in [1.54, 1.807) is 12.3 Å². The minimum Gasteiger partial charge on any atom is -0.369 e. The van der Waals surface area contributed by atoms with E-state index in [9.17, 15) is 4.39 Å². The maximum atomic E-state index is 13.0. The SMILES string of the molecule is Fc1ncc(N2CCCNCC2)cc1Br. The Hall–Kier alpha value is -0.680. The van der Waals surface area contributed by atoms with Crippen LogP contribution in [0, 0.1) is 5.95 Å². The van der Waals surface area contributed by atoms with Gasteiger partial charge in [-0.3, -0.25) is 0 Å². The topological polar surface area (TPSA) is 28.2 Å². The summed E-state index contributed by atoms with van der Waals surface area (Å²) in [7, 11) is 0. The van der Waals surface area contributed by atoms with E-state index < -0.39 is 5.95 Å². The Morgan fingerprint density at radius 1 is 1.40 bits per heavy atom. The monoisotopic (exact) mass is 273 g/mol. The first-order valence-corrected chi connectivity index (χ1v) is 5.83. The number of hydrogen-bond donors (Lipinski definition) is 1. The summed E-state index contributed by atoms with van der Waals surface area (Å²) >= 11 is 3.15. The van der Waals surface area contributed by atoms with Crippen LogP contribution in [-0.4, -0.2) is 31.2 Å². The zero-order valence-electron chi connectivity index (χ0n) is 8.34. The predicted octanol–water partition coefficient (Wildman–Crippen LogP) is 1.78. The van der Waals surface area contributed by atoms with Crippen molar-refractivity contribution < 1.29 is 4.39 Å². The van der Waals surface area contributed by atoms with Crippen LogP contribution in [-0.2, 0) is 0 Å². The Morgan fingerprint density at radius 3 is 3.07 bits per heavy atom. The summed E-state index contributed by atoms with van der Waals surface area (Å²) in [6.45, 7) is 3.95. The number of anilines is 1. The maximum absolute atomic E-state index is 13.0. The molecule has 0 aliphatic carbocycles. The number of pyridine rings is 1. The zero-order chi connectivity index (χ0) is 10.7. The fourth-order valence-corrected chi connectivity index (χ4v) is 2.02. The molecule has 0 aromatic carbocycles. The van der Waals surface area contributed by atoms with Crippen molar-refractivity contribution in [2.24, 2.45) is 0 Å². The normalized spacial score (nSPS) is 17.6. The van der Waals surface area contributed by atoms with Crippen molar-refractivity contribution in [1.29, 1.82) is 0 Å². The van der Waals surface area contributed by atoms with Crippen molar-refractivity contribution in [2.75, 3.05) is 31.1 Å². The van der Waals surface area contributed by atoms with Crippen LogP contribution in [0.25, 0.3) is 0 Å². The van der Waals surface area contributed by atoms with Crippen LogP contribution in [0.3, 0.4) is 0 Å². The van der Waals surface area contributed by atoms with Gasteiger partial charge in [0.05, 0.1) is 16.4 Å². The molecule has 1 fully saturated rings. The Morgan fingerprint density at radius 2 is 2.27 bits per heavy atom. The van der Waals surface area contributed by atoms with Gasteiger partial charge in [0.25, 0.3) is 0 Å². The third-order valence-electron chi connectivity index (χ3n) is 2.49. The van der Waals surface area contributed by atoms with Gasteiger partial charge < -0.3 is 10.2 Å². The van der Waals surface area contributed by atoms with Crippen molar-refractivity contribution in [1.82, 2.24) is 10.3 Å². The lowest BCUT2D eigenvalue weighted by atomic mass is 10.3. The van der Waals surface area contributed by atoms with E-state index in [-0.39, 0.29) is 0 Å².